The molecular formula is C22H24F3N3O3S. The van der Waals surface area contributed by atoms with E-state index in [0.717, 1.165) is 6.07 Å². The van der Waals surface area contributed by atoms with Crippen LogP contribution in [0.2, 0.25) is 0 Å². The van der Waals surface area contributed by atoms with Crippen LogP contribution in [0.4, 0.5) is 18.9 Å². The molecule has 1 atom stereocenters. The number of anilines is 1. The Morgan fingerprint density at radius 3 is 2.38 bits per heavy atom. The summed E-state index contributed by atoms with van der Waals surface area (Å²) in [7, 11) is -3.92. The minimum Gasteiger partial charge on any atom is -0.386 e. The first-order valence-corrected chi connectivity index (χ1v) is 11.4. The van der Waals surface area contributed by atoms with Crippen molar-refractivity contribution < 1.29 is 26.7 Å². The number of aliphatic hydroxyl groups is 1. The number of alkyl halides is 3. The van der Waals surface area contributed by atoms with Crippen LogP contribution < -0.4 is 4.90 Å². The van der Waals surface area contributed by atoms with Crippen LogP contribution in [0, 0.1) is 11.3 Å². The van der Waals surface area contributed by atoms with Gasteiger partial charge >= 0.3 is 6.18 Å². The van der Waals surface area contributed by atoms with Gasteiger partial charge in [0.1, 0.15) is 0 Å². The zero-order chi connectivity index (χ0) is 23.9. The summed E-state index contributed by atoms with van der Waals surface area (Å²) in [4.78, 5) is 1.51. The zero-order valence-electron chi connectivity index (χ0n) is 17.9. The Morgan fingerprint density at radius 1 is 1.12 bits per heavy atom. The van der Waals surface area contributed by atoms with Gasteiger partial charge in [-0.25, -0.2) is 8.42 Å². The number of hydrogen-bond donors (Lipinski definition) is 1. The Hall–Kier alpha value is -2.61. The van der Waals surface area contributed by atoms with Crippen molar-refractivity contribution in [2.24, 2.45) is 0 Å². The molecule has 1 N–H and O–H groups in total. The molecule has 172 valence electrons. The van der Waals surface area contributed by atoms with Gasteiger partial charge in [0.15, 0.2) is 0 Å². The van der Waals surface area contributed by atoms with E-state index < -0.39 is 33.4 Å². The van der Waals surface area contributed by atoms with E-state index in [1.54, 1.807) is 39.0 Å². The Bertz CT molecular complexity index is 1150. The molecular weight excluding hydrogens is 443 g/mol. The lowest BCUT2D eigenvalue weighted by atomic mass is 9.99. The average Bonchev–Trinajstić information content (AvgIpc) is 2.72. The smallest absolute Gasteiger partial charge is 0.386 e. The average molecular weight is 468 g/mol. The van der Waals surface area contributed by atoms with E-state index >= 15 is 0 Å². The van der Waals surface area contributed by atoms with Crippen LogP contribution in [0.1, 0.15) is 37.5 Å². The highest BCUT2D eigenvalue weighted by molar-refractivity contribution is 7.89. The third-order valence-electron chi connectivity index (χ3n) is 5.49. The van der Waals surface area contributed by atoms with Crippen molar-refractivity contribution in [3.8, 4) is 6.07 Å². The first-order valence-electron chi connectivity index (χ1n) is 9.96. The third-order valence-corrected chi connectivity index (χ3v) is 7.49. The highest BCUT2D eigenvalue weighted by atomic mass is 32.2. The Labute approximate surface area is 185 Å². The van der Waals surface area contributed by atoms with Gasteiger partial charge < -0.3 is 10.0 Å². The highest BCUT2D eigenvalue weighted by Gasteiger charge is 2.39. The normalized spacial score (nSPS) is 18.4. The van der Waals surface area contributed by atoms with Crippen molar-refractivity contribution in [2.75, 3.05) is 24.5 Å². The van der Waals surface area contributed by atoms with Crippen LogP contribution in [0.5, 0.6) is 0 Å². The van der Waals surface area contributed by atoms with E-state index in [9.17, 15) is 26.7 Å². The van der Waals surface area contributed by atoms with Crippen LogP contribution in [0.25, 0.3) is 0 Å². The van der Waals surface area contributed by atoms with E-state index in [1.807, 2.05) is 0 Å². The predicted molar refractivity (Wildman–Crippen MR) is 113 cm³/mol. The number of nitrogens with zero attached hydrogens (tertiary/aromatic N) is 3. The van der Waals surface area contributed by atoms with Crippen LogP contribution in [-0.4, -0.2) is 43.5 Å². The van der Waals surface area contributed by atoms with Crippen LogP contribution >= 0.6 is 0 Å². The largest absolute Gasteiger partial charge is 0.418 e. The summed E-state index contributed by atoms with van der Waals surface area (Å²) in [5, 5.41) is 19.2. The molecule has 0 radical (unpaired) electrons. The summed E-state index contributed by atoms with van der Waals surface area (Å²) in [6.07, 6.45) is -4.65. The molecule has 3 rings (SSSR count). The highest BCUT2D eigenvalue weighted by Crippen LogP contribution is 2.38. The zero-order valence-corrected chi connectivity index (χ0v) is 18.7. The van der Waals surface area contributed by atoms with E-state index in [2.05, 4.69) is 0 Å². The van der Waals surface area contributed by atoms with Crippen molar-refractivity contribution in [3.05, 3.63) is 59.2 Å². The molecule has 2 aromatic rings. The van der Waals surface area contributed by atoms with Gasteiger partial charge in [0.05, 0.1) is 27.7 Å². The maximum Gasteiger partial charge on any atom is 0.418 e. The molecule has 0 amide bonds. The molecule has 6 nitrogen and oxygen atoms in total. The van der Waals surface area contributed by atoms with E-state index in [4.69, 9.17) is 5.26 Å². The number of hydrogen-bond acceptors (Lipinski definition) is 5. The maximum absolute atomic E-state index is 13.6. The minimum atomic E-state index is -4.65. The fourth-order valence-electron chi connectivity index (χ4n) is 3.80. The fraction of sp³-hybridized carbons (Fsp3) is 0.409. The maximum atomic E-state index is 13.6. The van der Waals surface area contributed by atoms with Gasteiger partial charge in [-0.05, 0) is 56.7 Å². The summed E-state index contributed by atoms with van der Waals surface area (Å²) in [6.45, 7) is 4.85. The number of piperazine rings is 1. The van der Waals surface area contributed by atoms with Gasteiger partial charge in [-0.3, -0.25) is 0 Å². The third kappa shape index (κ3) is 4.75. The SMILES string of the molecule is CC1CN(c2ccc(C#N)cc2C(F)(F)F)CCN1S(=O)(=O)c1cccc(C(C)(C)O)c1. The summed E-state index contributed by atoms with van der Waals surface area (Å²) in [5.74, 6) is 0. The van der Waals surface area contributed by atoms with E-state index in [1.165, 1.54) is 33.5 Å². The lowest BCUT2D eigenvalue weighted by molar-refractivity contribution is -0.137. The first kappa shape index (κ1) is 24.0. The number of halogens is 3. The molecule has 0 saturated carbocycles. The molecule has 32 heavy (non-hydrogen) atoms. The molecule has 1 heterocycles. The van der Waals surface area contributed by atoms with Crippen molar-refractivity contribution in [3.63, 3.8) is 0 Å². The predicted octanol–water partition coefficient (Wildman–Crippen LogP) is 3.70. The van der Waals surface area contributed by atoms with E-state index in [0.29, 0.717) is 5.56 Å². The van der Waals surface area contributed by atoms with Gasteiger partial charge in [-0.2, -0.15) is 22.7 Å². The number of rotatable bonds is 4. The first-order chi connectivity index (χ1) is 14.7. The number of benzene rings is 2. The lowest BCUT2D eigenvalue weighted by Crippen LogP contribution is -2.54. The Morgan fingerprint density at radius 2 is 1.81 bits per heavy atom. The fourth-order valence-corrected chi connectivity index (χ4v) is 5.46. The standard InChI is InChI=1S/C22H24F3N3O3S/c1-15-14-27(20-8-7-16(13-26)11-19(20)22(23,24)25)9-10-28(15)32(30,31)18-6-4-5-17(12-18)21(2,3)29/h4-8,11-12,15,29H,9-10,14H2,1-3H3. The number of sulfonamides is 1. The van der Waals surface area contributed by atoms with Gasteiger partial charge in [0.2, 0.25) is 10.0 Å². The second-order valence-electron chi connectivity index (χ2n) is 8.34. The molecule has 1 aliphatic rings. The van der Waals surface area contributed by atoms with Crippen molar-refractivity contribution in [1.29, 1.82) is 5.26 Å². The van der Waals surface area contributed by atoms with Gasteiger partial charge in [-0.15, -0.1) is 0 Å². The van der Waals surface area contributed by atoms with Crippen LogP contribution in [0.3, 0.4) is 0 Å². The number of nitriles is 1. The molecule has 1 saturated heterocycles. The van der Waals surface area contributed by atoms with Crippen LogP contribution in [-0.2, 0) is 21.8 Å². The second kappa shape index (κ2) is 8.39. The lowest BCUT2D eigenvalue weighted by Gasteiger charge is -2.41. The topological polar surface area (TPSA) is 84.6 Å². The van der Waals surface area contributed by atoms with Gasteiger partial charge in [0, 0.05) is 31.4 Å². The molecule has 0 aliphatic carbocycles. The molecule has 0 bridgehead atoms. The van der Waals surface area contributed by atoms with Crippen molar-refractivity contribution >= 4 is 15.7 Å². The molecule has 2 aromatic carbocycles. The summed E-state index contributed by atoms with van der Waals surface area (Å²) < 4.78 is 68.5. The second-order valence-corrected chi connectivity index (χ2v) is 10.2. The minimum absolute atomic E-state index is 0.00640. The van der Waals surface area contributed by atoms with E-state index in [-0.39, 0.29) is 35.8 Å². The molecule has 0 aromatic heterocycles. The molecule has 0 spiro atoms. The van der Waals surface area contributed by atoms with Gasteiger partial charge in [-0.1, -0.05) is 12.1 Å². The summed E-state index contributed by atoms with van der Waals surface area (Å²) >= 11 is 0. The molecule has 1 unspecified atom stereocenters. The Kier molecular flexibility index (Phi) is 6.30. The molecule has 1 fully saturated rings. The van der Waals surface area contributed by atoms with Crippen LogP contribution in [0.15, 0.2) is 47.4 Å². The quantitative estimate of drug-likeness (QED) is 0.741. The molecule has 1 aliphatic heterocycles. The Balaban J connectivity index is 1.89. The molecule has 10 heteroatoms. The monoisotopic (exact) mass is 467 g/mol. The summed E-state index contributed by atoms with van der Waals surface area (Å²) in [6, 6.07) is 10.5. The van der Waals surface area contributed by atoms with Crippen molar-refractivity contribution in [1.82, 2.24) is 4.31 Å². The van der Waals surface area contributed by atoms with Gasteiger partial charge in [0.25, 0.3) is 0 Å². The summed E-state index contributed by atoms with van der Waals surface area (Å²) in [5.41, 5.74) is -1.87. The van der Waals surface area contributed by atoms with Crippen molar-refractivity contribution in [2.45, 2.75) is 43.5 Å².